The van der Waals surface area contributed by atoms with E-state index in [0.29, 0.717) is 29.2 Å². The Morgan fingerprint density at radius 3 is 2.24 bits per heavy atom. The number of nitrogens with two attached hydrogens (primary N) is 1. The zero-order chi connectivity index (χ0) is 25.2. The van der Waals surface area contributed by atoms with Crippen molar-refractivity contribution in [2.24, 2.45) is 17.6 Å². The Morgan fingerprint density at radius 1 is 1.12 bits per heavy atom. The molecule has 0 saturated carbocycles. The summed E-state index contributed by atoms with van der Waals surface area (Å²) < 4.78 is 27.9. The summed E-state index contributed by atoms with van der Waals surface area (Å²) in [6.07, 6.45) is 0.738. The van der Waals surface area contributed by atoms with Gasteiger partial charge in [0.05, 0.1) is 28.9 Å². The van der Waals surface area contributed by atoms with Crippen molar-refractivity contribution < 1.29 is 22.9 Å². The molecule has 0 saturated heterocycles. The number of carbonyl (C=O) groups is 2. The molecule has 0 aliphatic carbocycles. The number of primary amides is 1. The van der Waals surface area contributed by atoms with Crippen LogP contribution in [-0.2, 0) is 23.0 Å². The topological polar surface area (TPSA) is 114 Å². The van der Waals surface area contributed by atoms with E-state index in [-0.39, 0.29) is 16.7 Å². The first-order valence-electron chi connectivity index (χ1n) is 11.6. The predicted octanol–water partition coefficient (Wildman–Crippen LogP) is 1.97. The van der Waals surface area contributed by atoms with E-state index in [0.717, 1.165) is 30.0 Å². The van der Waals surface area contributed by atoms with Gasteiger partial charge >= 0.3 is 0 Å². The quantitative estimate of drug-likeness (QED) is 0.481. The van der Waals surface area contributed by atoms with Gasteiger partial charge in [-0.15, -0.1) is 11.3 Å². The standard InChI is InChI=1S/C24H34N4O4S2/c1-15(2)12-28(13-16(3)4)34(31,32)18-8-6-17(7-9-18)23(30)26-24-21(22(25)29)19-10-11-27(5)14-20(19)33-24/h6-9,15-16H,10-14H2,1-5H3,(H2,25,29)(H,26,30)/p+1. The van der Waals surface area contributed by atoms with Crippen LogP contribution in [0.5, 0.6) is 0 Å². The third kappa shape index (κ3) is 5.86. The van der Waals surface area contributed by atoms with Gasteiger partial charge in [0.25, 0.3) is 11.8 Å². The maximum absolute atomic E-state index is 13.2. The number of sulfonamides is 1. The molecule has 0 fully saturated rings. The van der Waals surface area contributed by atoms with Gasteiger partial charge in [-0.2, -0.15) is 4.31 Å². The Morgan fingerprint density at radius 2 is 1.71 bits per heavy atom. The molecule has 10 heteroatoms. The highest BCUT2D eigenvalue weighted by Crippen LogP contribution is 2.34. The van der Waals surface area contributed by atoms with Crippen LogP contribution in [0, 0.1) is 11.8 Å². The number of fused-ring (bicyclic) bond motifs is 1. The zero-order valence-corrected chi connectivity index (χ0v) is 22.1. The monoisotopic (exact) mass is 507 g/mol. The number of benzene rings is 1. The molecule has 1 aromatic carbocycles. The Labute approximate surface area is 206 Å². The van der Waals surface area contributed by atoms with Crippen molar-refractivity contribution in [2.75, 3.05) is 32.0 Å². The van der Waals surface area contributed by atoms with Gasteiger partial charge in [-0.25, -0.2) is 8.42 Å². The van der Waals surface area contributed by atoms with E-state index in [4.69, 9.17) is 5.73 Å². The molecule has 2 heterocycles. The number of quaternary nitrogens is 1. The molecule has 34 heavy (non-hydrogen) atoms. The van der Waals surface area contributed by atoms with Crippen molar-refractivity contribution in [3.05, 3.63) is 45.8 Å². The predicted molar refractivity (Wildman–Crippen MR) is 135 cm³/mol. The van der Waals surface area contributed by atoms with Gasteiger partial charge in [0.2, 0.25) is 10.0 Å². The van der Waals surface area contributed by atoms with E-state index < -0.39 is 21.8 Å². The number of amides is 2. The minimum Gasteiger partial charge on any atom is -0.365 e. The minimum atomic E-state index is -3.68. The van der Waals surface area contributed by atoms with E-state index in [9.17, 15) is 18.0 Å². The number of thiophene rings is 1. The average Bonchev–Trinajstić information content (AvgIpc) is 3.09. The number of nitrogens with zero attached hydrogens (tertiary/aromatic N) is 1. The molecule has 0 radical (unpaired) electrons. The normalized spacial score (nSPS) is 16.2. The fourth-order valence-corrected chi connectivity index (χ4v) is 7.29. The van der Waals surface area contributed by atoms with Gasteiger partial charge in [-0.3, -0.25) is 9.59 Å². The molecule has 3 rings (SSSR count). The summed E-state index contributed by atoms with van der Waals surface area (Å²) in [5, 5.41) is 3.28. The lowest BCUT2D eigenvalue weighted by molar-refractivity contribution is -0.895. The Bertz CT molecular complexity index is 1140. The second-order valence-electron chi connectivity index (χ2n) is 9.79. The SMILES string of the molecule is CC(C)CN(CC(C)C)S(=O)(=O)c1ccc(C(=O)Nc2sc3c(c2C(N)=O)CC[NH+](C)C3)cc1. The molecule has 1 atom stereocenters. The van der Waals surface area contributed by atoms with Crippen LogP contribution < -0.4 is 16.0 Å². The number of rotatable bonds is 9. The van der Waals surface area contributed by atoms with Crippen molar-refractivity contribution in [1.82, 2.24) is 4.31 Å². The molecule has 4 N–H and O–H groups in total. The number of anilines is 1. The van der Waals surface area contributed by atoms with Gasteiger partial charge in [-0.1, -0.05) is 27.7 Å². The minimum absolute atomic E-state index is 0.153. The molecule has 0 spiro atoms. The molecule has 1 aliphatic rings. The van der Waals surface area contributed by atoms with Gasteiger partial charge < -0.3 is 16.0 Å². The maximum atomic E-state index is 13.2. The number of likely N-dealkylation sites (N-methyl/N-ethyl adjacent to an activating group) is 1. The van der Waals surface area contributed by atoms with Crippen LogP contribution in [0.4, 0.5) is 5.00 Å². The third-order valence-corrected chi connectivity index (χ3v) is 8.71. The lowest BCUT2D eigenvalue weighted by atomic mass is 10.0. The molecular formula is C24H35N4O4S2+. The summed E-state index contributed by atoms with van der Waals surface area (Å²) in [7, 11) is -1.59. The van der Waals surface area contributed by atoms with Gasteiger partial charge in [0.1, 0.15) is 11.5 Å². The van der Waals surface area contributed by atoms with Crippen LogP contribution in [0.25, 0.3) is 0 Å². The Hall–Kier alpha value is -2.27. The number of nitrogens with one attached hydrogen (secondary N) is 2. The van der Waals surface area contributed by atoms with Gasteiger partial charge in [-0.05, 0) is 41.7 Å². The summed E-state index contributed by atoms with van der Waals surface area (Å²) in [5.41, 5.74) is 7.26. The highest BCUT2D eigenvalue weighted by Gasteiger charge is 2.29. The number of hydrogen-bond acceptors (Lipinski definition) is 5. The second-order valence-corrected chi connectivity index (χ2v) is 12.8. The lowest BCUT2D eigenvalue weighted by Gasteiger charge is -2.25. The van der Waals surface area contributed by atoms with E-state index in [1.165, 1.54) is 44.8 Å². The molecule has 2 amide bonds. The first kappa shape index (κ1) is 26.3. The van der Waals surface area contributed by atoms with Crippen LogP contribution in [0.15, 0.2) is 29.2 Å². The summed E-state index contributed by atoms with van der Waals surface area (Å²) >= 11 is 1.38. The molecule has 1 aliphatic heterocycles. The Kier molecular flexibility index (Phi) is 8.18. The van der Waals surface area contributed by atoms with E-state index in [2.05, 4.69) is 12.4 Å². The number of hydrogen-bond donors (Lipinski definition) is 3. The van der Waals surface area contributed by atoms with Crippen molar-refractivity contribution in [1.29, 1.82) is 0 Å². The van der Waals surface area contributed by atoms with Crippen LogP contribution in [0.1, 0.15) is 58.9 Å². The van der Waals surface area contributed by atoms with Crippen molar-refractivity contribution in [3.8, 4) is 0 Å². The molecule has 8 nitrogen and oxygen atoms in total. The zero-order valence-electron chi connectivity index (χ0n) is 20.5. The van der Waals surface area contributed by atoms with Gasteiger partial charge in [0, 0.05) is 25.1 Å². The third-order valence-electron chi connectivity index (χ3n) is 5.72. The first-order chi connectivity index (χ1) is 15.9. The van der Waals surface area contributed by atoms with Crippen molar-refractivity contribution >= 4 is 38.2 Å². The summed E-state index contributed by atoms with van der Waals surface area (Å²) in [5.74, 6) is -0.580. The second kappa shape index (κ2) is 10.6. The highest BCUT2D eigenvalue weighted by atomic mass is 32.2. The van der Waals surface area contributed by atoms with E-state index in [1.54, 1.807) is 0 Å². The molecule has 1 aromatic heterocycles. The summed E-state index contributed by atoms with van der Waals surface area (Å²) in [4.78, 5) is 27.6. The molecular weight excluding hydrogens is 472 g/mol. The summed E-state index contributed by atoms with van der Waals surface area (Å²) in [6.45, 7) is 10.5. The molecule has 2 aromatic rings. The molecule has 1 unspecified atom stereocenters. The largest absolute Gasteiger partial charge is 0.365 e. The summed E-state index contributed by atoms with van der Waals surface area (Å²) in [6, 6.07) is 5.93. The van der Waals surface area contributed by atoms with Crippen LogP contribution in [0.2, 0.25) is 0 Å². The maximum Gasteiger partial charge on any atom is 0.256 e. The highest BCUT2D eigenvalue weighted by molar-refractivity contribution is 7.89. The van der Waals surface area contributed by atoms with Crippen LogP contribution in [-0.4, -0.2) is 51.2 Å². The lowest BCUT2D eigenvalue weighted by Crippen LogP contribution is -3.08. The van der Waals surface area contributed by atoms with Gasteiger partial charge in [0.15, 0.2) is 0 Å². The van der Waals surface area contributed by atoms with Crippen molar-refractivity contribution in [2.45, 2.75) is 45.6 Å². The molecule has 0 bridgehead atoms. The van der Waals surface area contributed by atoms with Crippen LogP contribution in [0.3, 0.4) is 0 Å². The first-order valence-corrected chi connectivity index (χ1v) is 13.8. The smallest absolute Gasteiger partial charge is 0.256 e. The average molecular weight is 508 g/mol. The number of carbonyl (C=O) groups excluding carboxylic acids is 2. The van der Waals surface area contributed by atoms with E-state index >= 15 is 0 Å². The van der Waals surface area contributed by atoms with Crippen molar-refractivity contribution in [3.63, 3.8) is 0 Å². The fraction of sp³-hybridized carbons (Fsp3) is 0.500. The Balaban J connectivity index is 1.83. The molecule has 186 valence electrons. The van der Waals surface area contributed by atoms with E-state index in [1.807, 2.05) is 27.7 Å². The fourth-order valence-electron chi connectivity index (χ4n) is 4.16. The van der Waals surface area contributed by atoms with Crippen LogP contribution >= 0.6 is 11.3 Å².